The number of hydrogen-bond donors (Lipinski definition) is 1. The molecule has 1 aromatic heterocycles. The van der Waals surface area contributed by atoms with Crippen LogP contribution in [-0.4, -0.2) is 21.9 Å². The lowest BCUT2D eigenvalue weighted by atomic mass is 10.2. The Hall–Kier alpha value is -3.48. The quantitative estimate of drug-likeness (QED) is 0.552. The van der Waals surface area contributed by atoms with Gasteiger partial charge in [0.25, 0.3) is 11.6 Å². The number of amides is 1. The third kappa shape index (κ3) is 3.77. The number of hydrogen-bond acceptors (Lipinski definition) is 5. The summed E-state index contributed by atoms with van der Waals surface area (Å²) in [7, 11) is 0. The van der Waals surface area contributed by atoms with Crippen molar-refractivity contribution in [2.24, 2.45) is 0 Å². The Labute approximate surface area is 149 Å². The van der Waals surface area contributed by atoms with Crippen molar-refractivity contribution in [3.05, 3.63) is 70.4 Å². The second kappa shape index (κ2) is 7.18. The Bertz CT molecular complexity index is 968. The predicted molar refractivity (Wildman–Crippen MR) is 97.5 cm³/mol. The van der Waals surface area contributed by atoms with Crippen molar-refractivity contribution in [1.82, 2.24) is 10.3 Å². The first-order valence-corrected chi connectivity index (χ1v) is 8.07. The first-order valence-electron chi connectivity index (χ1n) is 8.07. The summed E-state index contributed by atoms with van der Waals surface area (Å²) in [5.41, 5.74) is 0.828. The maximum absolute atomic E-state index is 12.2. The van der Waals surface area contributed by atoms with E-state index in [2.05, 4.69) is 10.3 Å². The van der Waals surface area contributed by atoms with Crippen molar-refractivity contribution >= 4 is 22.5 Å². The van der Waals surface area contributed by atoms with Crippen LogP contribution in [0.15, 0.2) is 54.6 Å². The highest BCUT2D eigenvalue weighted by Crippen LogP contribution is 2.29. The van der Waals surface area contributed by atoms with Gasteiger partial charge < -0.3 is 10.1 Å². The van der Waals surface area contributed by atoms with Crippen LogP contribution in [0.1, 0.15) is 24.3 Å². The van der Waals surface area contributed by atoms with Gasteiger partial charge in [-0.25, -0.2) is 4.98 Å². The van der Waals surface area contributed by atoms with Gasteiger partial charge in [-0.1, -0.05) is 18.2 Å². The number of fused-ring (bicyclic) bond motifs is 1. The summed E-state index contributed by atoms with van der Waals surface area (Å²) in [5.74, 6) is 0.657. The number of nitrogens with zero attached hydrogens (tertiary/aromatic N) is 2. The Balaban J connectivity index is 1.94. The molecule has 0 aliphatic heterocycles. The lowest BCUT2D eigenvalue weighted by Gasteiger charge is -2.11. The monoisotopic (exact) mass is 351 g/mol. The first-order chi connectivity index (χ1) is 12.4. The average Bonchev–Trinajstić information content (AvgIpc) is 2.61. The smallest absolute Gasteiger partial charge is 0.270 e. The molecule has 0 bridgehead atoms. The van der Waals surface area contributed by atoms with E-state index in [4.69, 9.17) is 4.74 Å². The largest absolute Gasteiger partial charge is 0.455 e. The number of non-ortho nitro benzene ring substituents is 1. The number of nitro benzene ring substituents is 1. The summed E-state index contributed by atoms with van der Waals surface area (Å²) in [6.45, 7) is 3.75. The van der Waals surface area contributed by atoms with E-state index >= 15 is 0 Å². The predicted octanol–water partition coefficient (Wildman–Crippen LogP) is 4.07. The average molecular weight is 351 g/mol. The number of carbonyl (C=O) groups is 1. The van der Waals surface area contributed by atoms with Crippen LogP contribution in [0.3, 0.4) is 0 Å². The summed E-state index contributed by atoms with van der Waals surface area (Å²) in [5, 5.41) is 14.4. The van der Waals surface area contributed by atoms with Gasteiger partial charge in [0.1, 0.15) is 17.0 Å². The number of rotatable bonds is 5. The van der Waals surface area contributed by atoms with Gasteiger partial charge in [-0.2, -0.15) is 0 Å². The number of ether oxygens (including phenoxy) is 1. The molecule has 3 aromatic rings. The fourth-order valence-corrected chi connectivity index (χ4v) is 2.43. The zero-order chi connectivity index (χ0) is 18.7. The molecule has 1 amide bonds. The molecule has 3 rings (SSSR count). The van der Waals surface area contributed by atoms with Crippen LogP contribution in [0.2, 0.25) is 0 Å². The number of nitrogens with one attached hydrogen (secondary N) is 1. The molecule has 26 heavy (non-hydrogen) atoms. The van der Waals surface area contributed by atoms with Crippen molar-refractivity contribution in [1.29, 1.82) is 0 Å². The number of benzene rings is 2. The van der Waals surface area contributed by atoms with Gasteiger partial charge in [-0.3, -0.25) is 14.9 Å². The number of nitro groups is 1. The van der Waals surface area contributed by atoms with E-state index in [0.717, 1.165) is 5.39 Å². The maximum atomic E-state index is 12.2. The van der Waals surface area contributed by atoms with E-state index < -0.39 is 4.92 Å². The molecule has 7 nitrogen and oxygen atoms in total. The van der Waals surface area contributed by atoms with Crippen molar-refractivity contribution < 1.29 is 14.5 Å². The second-order valence-electron chi connectivity index (χ2n) is 6.01. The zero-order valence-corrected chi connectivity index (χ0v) is 14.3. The minimum absolute atomic E-state index is 0.00611. The highest BCUT2D eigenvalue weighted by atomic mass is 16.6. The van der Waals surface area contributed by atoms with Crippen LogP contribution in [0.25, 0.3) is 10.9 Å². The Morgan fingerprint density at radius 1 is 1.12 bits per heavy atom. The van der Waals surface area contributed by atoms with Crippen molar-refractivity contribution in [2.75, 3.05) is 0 Å². The standard InChI is InChI=1S/C19H17N3O4/c1-12(2)20-19(23)16-11-6-13-4-3-5-17(18(13)21-16)26-15-9-7-14(8-10-15)22(24)25/h3-12H,1-2H3,(H,20,23). The van der Waals surface area contributed by atoms with E-state index in [1.165, 1.54) is 24.3 Å². The zero-order valence-electron chi connectivity index (χ0n) is 14.3. The molecule has 0 radical (unpaired) electrons. The highest BCUT2D eigenvalue weighted by Gasteiger charge is 2.12. The third-order valence-electron chi connectivity index (χ3n) is 3.61. The fraction of sp³-hybridized carbons (Fsp3) is 0.158. The molecule has 1 heterocycles. The Kier molecular flexibility index (Phi) is 4.79. The van der Waals surface area contributed by atoms with Gasteiger partial charge in [0.05, 0.1) is 4.92 Å². The molecule has 0 aliphatic carbocycles. The number of aromatic nitrogens is 1. The topological polar surface area (TPSA) is 94.4 Å². The summed E-state index contributed by atoms with van der Waals surface area (Å²) < 4.78 is 5.83. The first kappa shape index (κ1) is 17.3. The molecule has 0 atom stereocenters. The summed E-state index contributed by atoms with van der Waals surface area (Å²) >= 11 is 0. The van der Waals surface area contributed by atoms with Gasteiger partial charge in [0.2, 0.25) is 0 Å². The molecule has 0 spiro atoms. The molecule has 2 aromatic carbocycles. The summed E-state index contributed by atoms with van der Waals surface area (Å²) in [6, 6.07) is 14.7. The normalized spacial score (nSPS) is 10.7. The number of pyridine rings is 1. The fourth-order valence-electron chi connectivity index (χ4n) is 2.43. The molecule has 0 saturated heterocycles. The minimum atomic E-state index is -0.469. The molecule has 0 saturated carbocycles. The van der Waals surface area contributed by atoms with Crippen LogP contribution >= 0.6 is 0 Å². The third-order valence-corrected chi connectivity index (χ3v) is 3.61. The molecule has 132 valence electrons. The van der Waals surface area contributed by atoms with Crippen molar-refractivity contribution in [3.63, 3.8) is 0 Å². The van der Waals surface area contributed by atoms with Crippen LogP contribution in [-0.2, 0) is 0 Å². The minimum Gasteiger partial charge on any atom is -0.455 e. The van der Waals surface area contributed by atoms with Gasteiger partial charge in [-0.15, -0.1) is 0 Å². The van der Waals surface area contributed by atoms with Crippen LogP contribution in [0.4, 0.5) is 5.69 Å². The van der Waals surface area contributed by atoms with E-state index in [0.29, 0.717) is 22.7 Å². The number of para-hydroxylation sites is 1. The maximum Gasteiger partial charge on any atom is 0.270 e. The van der Waals surface area contributed by atoms with Crippen LogP contribution in [0, 0.1) is 10.1 Å². The summed E-state index contributed by atoms with van der Waals surface area (Å²) in [4.78, 5) is 26.9. The molecule has 0 unspecified atom stereocenters. The van der Waals surface area contributed by atoms with Crippen molar-refractivity contribution in [2.45, 2.75) is 19.9 Å². The van der Waals surface area contributed by atoms with Gasteiger partial charge in [0.15, 0.2) is 5.75 Å². The van der Waals surface area contributed by atoms with Gasteiger partial charge in [0, 0.05) is 23.6 Å². The molecule has 0 aliphatic rings. The van der Waals surface area contributed by atoms with Gasteiger partial charge >= 0.3 is 0 Å². The molecular formula is C19H17N3O4. The van der Waals surface area contributed by atoms with E-state index in [1.807, 2.05) is 26.0 Å². The molecule has 0 fully saturated rings. The Morgan fingerprint density at radius 3 is 2.50 bits per heavy atom. The number of carbonyl (C=O) groups excluding carboxylic acids is 1. The van der Waals surface area contributed by atoms with E-state index in [-0.39, 0.29) is 17.6 Å². The van der Waals surface area contributed by atoms with Crippen LogP contribution < -0.4 is 10.1 Å². The molecule has 7 heteroatoms. The van der Waals surface area contributed by atoms with Crippen LogP contribution in [0.5, 0.6) is 11.5 Å². The van der Waals surface area contributed by atoms with Gasteiger partial charge in [-0.05, 0) is 38.1 Å². The van der Waals surface area contributed by atoms with Crippen molar-refractivity contribution in [3.8, 4) is 11.5 Å². The molecular weight excluding hydrogens is 334 g/mol. The summed E-state index contributed by atoms with van der Waals surface area (Å²) in [6.07, 6.45) is 0. The second-order valence-corrected chi connectivity index (χ2v) is 6.01. The highest BCUT2D eigenvalue weighted by molar-refractivity contribution is 5.96. The molecule has 1 N–H and O–H groups in total. The van der Waals surface area contributed by atoms with E-state index in [1.54, 1.807) is 18.2 Å². The Morgan fingerprint density at radius 2 is 1.85 bits per heavy atom. The lowest BCUT2D eigenvalue weighted by Crippen LogP contribution is -2.30. The lowest BCUT2D eigenvalue weighted by molar-refractivity contribution is -0.384. The van der Waals surface area contributed by atoms with E-state index in [9.17, 15) is 14.9 Å². The SMILES string of the molecule is CC(C)NC(=O)c1ccc2cccc(Oc3ccc([N+](=O)[O-])cc3)c2n1.